The molecule has 1 heterocycles. The van der Waals surface area contributed by atoms with Gasteiger partial charge >= 0.3 is 0 Å². The Balaban J connectivity index is 1.62. The van der Waals surface area contributed by atoms with E-state index in [0.29, 0.717) is 39.8 Å². The van der Waals surface area contributed by atoms with E-state index >= 15 is 0 Å². The number of hydrogen-bond donors (Lipinski definition) is 2. The van der Waals surface area contributed by atoms with Gasteiger partial charge in [-0.3, -0.25) is 14.4 Å². The van der Waals surface area contributed by atoms with Gasteiger partial charge in [0.05, 0.1) is 26.2 Å². The molecule has 4 rings (SSSR count). The van der Waals surface area contributed by atoms with Crippen LogP contribution >= 0.6 is 0 Å². The molecule has 9 heteroatoms. The summed E-state index contributed by atoms with van der Waals surface area (Å²) in [5.74, 6) is 1.05. The molecule has 2 N–H and O–H groups in total. The summed E-state index contributed by atoms with van der Waals surface area (Å²) < 4.78 is 11.8. The van der Waals surface area contributed by atoms with Crippen LogP contribution in [0.5, 0.6) is 11.5 Å². The Morgan fingerprint density at radius 3 is 2.53 bits per heavy atom. The van der Waals surface area contributed by atoms with Crippen LogP contribution in [-0.4, -0.2) is 48.4 Å². The van der Waals surface area contributed by atoms with E-state index < -0.39 is 11.5 Å². The Labute approximate surface area is 209 Å². The highest BCUT2D eigenvalue weighted by atomic mass is 16.5. The normalized spacial score (nSPS) is 19.5. The molecule has 36 heavy (non-hydrogen) atoms. The second kappa shape index (κ2) is 10.8. The van der Waals surface area contributed by atoms with Crippen LogP contribution < -0.4 is 25.7 Å². The number of benzene rings is 2. The highest BCUT2D eigenvalue weighted by Crippen LogP contribution is 2.29. The van der Waals surface area contributed by atoms with Crippen molar-refractivity contribution in [2.75, 3.05) is 20.8 Å². The fraction of sp³-hybridized carbons (Fsp3) is 0.407. The molecule has 9 nitrogen and oxygen atoms in total. The molecule has 190 valence electrons. The maximum absolute atomic E-state index is 13.3. The first-order valence-electron chi connectivity index (χ1n) is 12.2. The van der Waals surface area contributed by atoms with Gasteiger partial charge in [0.25, 0.3) is 11.5 Å². The van der Waals surface area contributed by atoms with Gasteiger partial charge in [-0.25, -0.2) is 0 Å². The predicted molar refractivity (Wildman–Crippen MR) is 137 cm³/mol. The number of amides is 2. The SMILES string of the molecule is COc1ccc(-n2nc(C(=O)NCC(=O)N[C@@H]3CCC[C@H](C)[C@@H]3C)c3ccccc3c2=O)c(OC)c1. The molecule has 0 spiro atoms. The molecule has 1 fully saturated rings. The minimum absolute atomic E-state index is 0.0375. The van der Waals surface area contributed by atoms with Crippen LogP contribution in [0.2, 0.25) is 0 Å². The number of methoxy groups -OCH3 is 2. The van der Waals surface area contributed by atoms with Crippen LogP contribution in [0.15, 0.2) is 47.3 Å². The van der Waals surface area contributed by atoms with Gasteiger partial charge in [-0.1, -0.05) is 44.9 Å². The van der Waals surface area contributed by atoms with Crippen molar-refractivity contribution in [2.45, 2.75) is 39.2 Å². The van der Waals surface area contributed by atoms with E-state index in [1.807, 2.05) is 0 Å². The summed E-state index contributed by atoms with van der Waals surface area (Å²) >= 11 is 0. The molecule has 2 aromatic carbocycles. The summed E-state index contributed by atoms with van der Waals surface area (Å²) in [5, 5.41) is 10.8. The van der Waals surface area contributed by atoms with Gasteiger partial charge in [0.2, 0.25) is 5.91 Å². The van der Waals surface area contributed by atoms with Crippen LogP contribution in [0.25, 0.3) is 16.5 Å². The van der Waals surface area contributed by atoms with Crippen LogP contribution in [-0.2, 0) is 4.79 Å². The lowest BCUT2D eigenvalue weighted by atomic mass is 9.78. The number of aromatic nitrogens is 2. The summed E-state index contributed by atoms with van der Waals surface area (Å²) in [4.78, 5) is 39.1. The predicted octanol–water partition coefficient (Wildman–Crippen LogP) is 3.07. The van der Waals surface area contributed by atoms with Crippen LogP contribution in [0.3, 0.4) is 0 Å². The van der Waals surface area contributed by atoms with Gasteiger partial charge in [-0.15, -0.1) is 0 Å². The van der Waals surface area contributed by atoms with E-state index in [2.05, 4.69) is 29.6 Å². The third-order valence-corrected chi connectivity index (χ3v) is 7.10. The summed E-state index contributed by atoms with van der Waals surface area (Å²) in [6.45, 7) is 4.17. The molecule has 0 bridgehead atoms. The molecule has 3 aromatic rings. The average molecular weight is 493 g/mol. The molecular formula is C27H32N4O5. The molecular weight excluding hydrogens is 460 g/mol. The van der Waals surface area contributed by atoms with Crippen LogP contribution in [0.1, 0.15) is 43.6 Å². The first-order valence-corrected chi connectivity index (χ1v) is 12.2. The number of hydrogen-bond acceptors (Lipinski definition) is 6. The summed E-state index contributed by atoms with van der Waals surface area (Å²) in [6, 6.07) is 11.8. The van der Waals surface area contributed by atoms with Crippen molar-refractivity contribution >= 4 is 22.6 Å². The topological polar surface area (TPSA) is 112 Å². The zero-order valence-corrected chi connectivity index (χ0v) is 21.0. The van der Waals surface area contributed by atoms with Gasteiger partial charge in [-0.2, -0.15) is 9.78 Å². The quantitative estimate of drug-likeness (QED) is 0.524. The monoisotopic (exact) mass is 492 g/mol. The molecule has 0 unspecified atom stereocenters. The summed E-state index contributed by atoms with van der Waals surface area (Å²) in [7, 11) is 3.01. The molecule has 0 saturated heterocycles. The second-order valence-electron chi connectivity index (χ2n) is 9.27. The molecule has 2 amide bonds. The largest absolute Gasteiger partial charge is 0.497 e. The maximum atomic E-state index is 13.3. The fourth-order valence-corrected chi connectivity index (χ4v) is 4.77. The summed E-state index contributed by atoms with van der Waals surface area (Å²) in [6.07, 6.45) is 3.18. The van der Waals surface area contributed by atoms with Crippen LogP contribution in [0, 0.1) is 11.8 Å². The number of nitrogens with zero attached hydrogens (tertiary/aromatic N) is 2. The van der Waals surface area contributed by atoms with Gasteiger partial charge in [0, 0.05) is 17.5 Å². The van der Waals surface area contributed by atoms with E-state index in [0.717, 1.165) is 23.9 Å². The van der Waals surface area contributed by atoms with Crippen molar-refractivity contribution in [3.05, 3.63) is 58.5 Å². The minimum Gasteiger partial charge on any atom is -0.497 e. The lowest BCUT2D eigenvalue weighted by molar-refractivity contribution is -0.121. The Morgan fingerprint density at radius 1 is 1.06 bits per heavy atom. The lowest BCUT2D eigenvalue weighted by Gasteiger charge is -2.34. The first-order chi connectivity index (χ1) is 17.3. The Bertz CT molecular complexity index is 1340. The van der Waals surface area contributed by atoms with E-state index in [-0.39, 0.29) is 24.2 Å². The van der Waals surface area contributed by atoms with E-state index in [1.54, 1.807) is 42.5 Å². The zero-order chi connectivity index (χ0) is 25.8. The number of fused-ring (bicyclic) bond motifs is 1. The standard InChI is InChI=1S/C27H32N4O5/c1-16-8-7-11-21(17(16)2)29-24(32)15-28-26(33)25-19-9-5-6-10-20(19)27(34)31(30-25)22-13-12-18(35-3)14-23(22)36-4/h5-6,9-10,12-14,16-17,21H,7-8,11,15H2,1-4H3,(H,28,33)(H,29,32)/t16-,17-,21+/m0/s1. The molecule has 1 aliphatic carbocycles. The third-order valence-electron chi connectivity index (χ3n) is 7.10. The van der Waals surface area contributed by atoms with Gasteiger partial charge in [0.1, 0.15) is 17.2 Å². The average Bonchev–Trinajstić information content (AvgIpc) is 2.90. The Kier molecular flexibility index (Phi) is 7.57. The van der Waals surface area contributed by atoms with Gasteiger partial charge in [-0.05, 0) is 36.5 Å². The fourth-order valence-electron chi connectivity index (χ4n) is 4.77. The Morgan fingerprint density at radius 2 is 1.81 bits per heavy atom. The number of nitrogens with one attached hydrogen (secondary N) is 2. The first kappa shape index (κ1) is 25.2. The molecule has 0 radical (unpaired) electrons. The summed E-state index contributed by atoms with van der Waals surface area (Å²) in [5.41, 5.74) is 0.000505. The van der Waals surface area contributed by atoms with Crippen molar-refractivity contribution in [1.82, 2.24) is 20.4 Å². The highest BCUT2D eigenvalue weighted by Gasteiger charge is 2.28. The van der Waals surface area contributed by atoms with Crippen molar-refractivity contribution < 1.29 is 19.1 Å². The van der Waals surface area contributed by atoms with E-state index in [4.69, 9.17) is 9.47 Å². The van der Waals surface area contributed by atoms with Gasteiger partial charge < -0.3 is 20.1 Å². The van der Waals surface area contributed by atoms with Gasteiger partial charge in [0.15, 0.2) is 5.69 Å². The van der Waals surface area contributed by atoms with E-state index in [9.17, 15) is 14.4 Å². The van der Waals surface area contributed by atoms with Crippen LogP contribution in [0.4, 0.5) is 0 Å². The smallest absolute Gasteiger partial charge is 0.279 e. The van der Waals surface area contributed by atoms with Crippen molar-refractivity contribution in [3.63, 3.8) is 0 Å². The third kappa shape index (κ3) is 5.05. The molecule has 1 aromatic heterocycles. The number of carbonyl (C=O) groups excluding carboxylic acids is 2. The van der Waals surface area contributed by atoms with Crippen molar-refractivity contribution in [2.24, 2.45) is 11.8 Å². The Hall–Kier alpha value is -3.88. The molecule has 3 atom stereocenters. The zero-order valence-electron chi connectivity index (χ0n) is 21.0. The van der Waals surface area contributed by atoms with E-state index in [1.165, 1.54) is 14.2 Å². The number of carbonyl (C=O) groups is 2. The molecule has 1 aliphatic rings. The maximum Gasteiger partial charge on any atom is 0.279 e. The lowest BCUT2D eigenvalue weighted by Crippen LogP contribution is -2.47. The minimum atomic E-state index is -0.548. The van der Waals surface area contributed by atoms with Crippen molar-refractivity contribution in [3.8, 4) is 17.2 Å². The number of ether oxygens (including phenoxy) is 2. The molecule has 0 aliphatic heterocycles. The molecule has 1 saturated carbocycles. The second-order valence-corrected chi connectivity index (χ2v) is 9.27. The van der Waals surface area contributed by atoms with Crippen molar-refractivity contribution in [1.29, 1.82) is 0 Å². The number of rotatable bonds is 7. The highest BCUT2D eigenvalue weighted by molar-refractivity contribution is 6.05.